The lowest BCUT2D eigenvalue weighted by atomic mass is 10.1. The summed E-state index contributed by atoms with van der Waals surface area (Å²) in [6, 6.07) is 8.25. The zero-order valence-electron chi connectivity index (χ0n) is 15.4. The maximum atomic E-state index is 12.2. The van der Waals surface area contributed by atoms with Crippen LogP contribution in [0.3, 0.4) is 0 Å². The second kappa shape index (κ2) is 10.5. The van der Waals surface area contributed by atoms with Crippen LogP contribution in [0, 0.1) is 0 Å². The lowest BCUT2D eigenvalue weighted by Crippen LogP contribution is -2.26. The summed E-state index contributed by atoms with van der Waals surface area (Å²) >= 11 is 0. The van der Waals surface area contributed by atoms with Crippen LogP contribution in [-0.4, -0.2) is 23.3 Å². The molecule has 0 fully saturated rings. The largest absolute Gasteiger partial charge is 0.675 e. The molecule has 1 amide bonds. The van der Waals surface area contributed by atoms with E-state index in [0.29, 0.717) is 11.1 Å². The Hall–Kier alpha value is -2.61. The summed E-state index contributed by atoms with van der Waals surface area (Å²) in [5, 5.41) is 2.70. The third-order valence-corrected chi connectivity index (χ3v) is 3.49. The standard InChI is InChI=1S/C15H13F3N2O2.C4H10N/c1-10(20-14(21)11-5-7-19-8-6-11)12-3-2-4-13(9-12)22-15(16,17)18;1-3-4(2)5/h2-10H,1H3,(H,20,21);4-5H,3H2,1-2H3/q;-1. The van der Waals surface area contributed by atoms with Crippen LogP contribution in [0.2, 0.25) is 0 Å². The quantitative estimate of drug-likeness (QED) is 0.762. The molecule has 2 atom stereocenters. The van der Waals surface area contributed by atoms with Crippen LogP contribution in [-0.2, 0) is 0 Å². The number of ether oxygens (including phenoxy) is 1. The van der Waals surface area contributed by atoms with Crippen LogP contribution in [0.15, 0.2) is 48.8 Å². The van der Waals surface area contributed by atoms with Crippen LogP contribution < -0.4 is 10.1 Å². The molecule has 2 N–H and O–H groups in total. The van der Waals surface area contributed by atoms with Crippen LogP contribution in [0.1, 0.15) is 49.2 Å². The molecular formula is C19H23F3N3O2-. The topological polar surface area (TPSA) is 75.0 Å². The molecule has 27 heavy (non-hydrogen) atoms. The highest BCUT2D eigenvalue weighted by Gasteiger charge is 2.31. The van der Waals surface area contributed by atoms with Crippen molar-refractivity contribution in [1.29, 1.82) is 0 Å². The van der Waals surface area contributed by atoms with Crippen molar-refractivity contribution in [3.8, 4) is 5.75 Å². The van der Waals surface area contributed by atoms with Crippen molar-refractivity contribution in [3.05, 3.63) is 65.7 Å². The molecule has 2 unspecified atom stereocenters. The van der Waals surface area contributed by atoms with Crippen molar-refractivity contribution in [2.24, 2.45) is 0 Å². The van der Waals surface area contributed by atoms with E-state index < -0.39 is 12.4 Å². The molecule has 0 saturated heterocycles. The van der Waals surface area contributed by atoms with E-state index in [2.05, 4.69) is 15.0 Å². The molecule has 8 heteroatoms. The van der Waals surface area contributed by atoms with Gasteiger partial charge in [0.05, 0.1) is 6.04 Å². The molecule has 2 aromatic rings. The third-order valence-electron chi connectivity index (χ3n) is 3.49. The Morgan fingerprint density at radius 1 is 1.22 bits per heavy atom. The number of benzene rings is 1. The average Bonchev–Trinajstić information content (AvgIpc) is 2.61. The average molecular weight is 382 g/mol. The van der Waals surface area contributed by atoms with E-state index in [1.54, 1.807) is 25.1 Å². The summed E-state index contributed by atoms with van der Waals surface area (Å²) < 4.78 is 40.5. The number of nitrogens with zero attached hydrogens (tertiary/aromatic N) is 1. The highest BCUT2D eigenvalue weighted by molar-refractivity contribution is 5.94. The Kier molecular flexibility index (Phi) is 8.74. The van der Waals surface area contributed by atoms with Gasteiger partial charge in [0.2, 0.25) is 0 Å². The highest BCUT2D eigenvalue weighted by atomic mass is 19.4. The molecule has 0 aliphatic carbocycles. The number of alkyl halides is 3. The number of hydrogen-bond donors (Lipinski definition) is 1. The lowest BCUT2D eigenvalue weighted by Gasteiger charge is -2.16. The predicted octanol–water partition coefficient (Wildman–Crippen LogP) is 5.31. The first-order valence-corrected chi connectivity index (χ1v) is 8.40. The van der Waals surface area contributed by atoms with E-state index in [4.69, 9.17) is 5.73 Å². The molecule has 5 nitrogen and oxygen atoms in total. The number of nitrogens with one attached hydrogen (secondary N) is 2. The van der Waals surface area contributed by atoms with Gasteiger partial charge in [0, 0.05) is 18.0 Å². The van der Waals surface area contributed by atoms with Gasteiger partial charge >= 0.3 is 6.36 Å². The van der Waals surface area contributed by atoms with Gasteiger partial charge in [-0.3, -0.25) is 9.78 Å². The van der Waals surface area contributed by atoms with Gasteiger partial charge in [-0.25, -0.2) is 0 Å². The SMILES string of the molecule is CC(NC(=O)c1ccncc1)c1cccc(OC(F)(F)F)c1.CCC(C)[NH-]. The molecule has 0 bridgehead atoms. The summed E-state index contributed by atoms with van der Waals surface area (Å²) in [5.41, 5.74) is 7.75. The molecule has 0 radical (unpaired) electrons. The van der Waals surface area contributed by atoms with Crippen LogP contribution >= 0.6 is 0 Å². The molecule has 1 heterocycles. The van der Waals surface area contributed by atoms with Gasteiger partial charge in [-0.2, -0.15) is 0 Å². The minimum Gasteiger partial charge on any atom is -0.675 e. The maximum absolute atomic E-state index is 12.2. The molecular weight excluding hydrogens is 359 g/mol. The molecule has 1 aromatic heterocycles. The predicted molar refractivity (Wildman–Crippen MR) is 97.3 cm³/mol. The lowest BCUT2D eigenvalue weighted by molar-refractivity contribution is -0.274. The first-order valence-electron chi connectivity index (χ1n) is 8.40. The summed E-state index contributed by atoms with van der Waals surface area (Å²) in [6.45, 7) is 5.57. The third kappa shape index (κ3) is 9.05. The smallest absolute Gasteiger partial charge is 0.573 e. The van der Waals surface area contributed by atoms with E-state index >= 15 is 0 Å². The second-order valence-electron chi connectivity index (χ2n) is 5.86. The van der Waals surface area contributed by atoms with Crippen molar-refractivity contribution in [2.45, 2.75) is 45.6 Å². The second-order valence-corrected chi connectivity index (χ2v) is 5.86. The van der Waals surface area contributed by atoms with Crippen molar-refractivity contribution in [1.82, 2.24) is 10.3 Å². The number of aromatic nitrogens is 1. The number of carbonyl (C=O) groups is 1. The van der Waals surface area contributed by atoms with E-state index in [0.717, 1.165) is 6.42 Å². The van der Waals surface area contributed by atoms with E-state index in [-0.39, 0.29) is 17.7 Å². The van der Waals surface area contributed by atoms with Crippen molar-refractivity contribution >= 4 is 5.91 Å². The van der Waals surface area contributed by atoms with Gasteiger partial charge in [-0.1, -0.05) is 32.4 Å². The molecule has 0 aliphatic rings. The normalized spacial score (nSPS) is 13.0. The van der Waals surface area contributed by atoms with E-state index in [9.17, 15) is 18.0 Å². The summed E-state index contributed by atoms with van der Waals surface area (Å²) in [4.78, 5) is 15.8. The van der Waals surface area contributed by atoms with Crippen molar-refractivity contribution < 1.29 is 22.7 Å². The van der Waals surface area contributed by atoms with E-state index in [1.165, 1.54) is 30.6 Å². The van der Waals surface area contributed by atoms with Gasteiger partial charge in [0.25, 0.3) is 5.91 Å². The number of amides is 1. The monoisotopic (exact) mass is 382 g/mol. The van der Waals surface area contributed by atoms with Crippen LogP contribution in [0.5, 0.6) is 5.75 Å². The summed E-state index contributed by atoms with van der Waals surface area (Å²) in [5.74, 6) is -0.660. The summed E-state index contributed by atoms with van der Waals surface area (Å²) in [6.07, 6.45) is -0.809. The molecule has 0 aliphatic heterocycles. The minimum atomic E-state index is -4.75. The van der Waals surface area contributed by atoms with Gasteiger partial charge in [0.1, 0.15) is 5.75 Å². The van der Waals surface area contributed by atoms with Crippen LogP contribution in [0.4, 0.5) is 13.2 Å². The molecule has 0 saturated carbocycles. The molecule has 148 valence electrons. The Balaban J connectivity index is 0.000000646. The van der Waals surface area contributed by atoms with Gasteiger partial charge < -0.3 is 15.8 Å². The van der Waals surface area contributed by atoms with Gasteiger partial charge in [-0.05, 0) is 36.8 Å². The number of hydrogen-bond acceptors (Lipinski definition) is 3. The first-order chi connectivity index (χ1) is 12.6. The molecule has 2 rings (SSSR count). The fourth-order valence-corrected chi connectivity index (χ4v) is 1.85. The Bertz CT molecular complexity index is 707. The molecule has 0 spiro atoms. The minimum absolute atomic E-state index is 0.134. The Morgan fingerprint density at radius 3 is 2.33 bits per heavy atom. The maximum Gasteiger partial charge on any atom is 0.573 e. The summed E-state index contributed by atoms with van der Waals surface area (Å²) in [7, 11) is 0. The van der Waals surface area contributed by atoms with Gasteiger partial charge in [-0.15, -0.1) is 19.2 Å². The molecule has 1 aromatic carbocycles. The fourth-order valence-electron chi connectivity index (χ4n) is 1.85. The van der Waals surface area contributed by atoms with E-state index in [1.807, 2.05) is 13.8 Å². The van der Waals surface area contributed by atoms with Crippen molar-refractivity contribution in [3.63, 3.8) is 0 Å². The fraction of sp³-hybridized carbons (Fsp3) is 0.368. The zero-order valence-corrected chi connectivity index (χ0v) is 15.4. The first kappa shape index (κ1) is 22.4. The highest BCUT2D eigenvalue weighted by Crippen LogP contribution is 2.25. The number of halogens is 3. The van der Waals surface area contributed by atoms with Gasteiger partial charge in [0.15, 0.2) is 0 Å². The Labute approximate surface area is 156 Å². The number of pyridine rings is 1. The zero-order chi connectivity index (χ0) is 20.4. The number of carbonyl (C=O) groups excluding carboxylic acids is 1. The Morgan fingerprint density at radius 2 is 1.81 bits per heavy atom. The number of rotatable bonds is 5. The van der Waals surface area contributed by atoms with Crippen molar-refractivity contribution in [2.75, 3.05) is 0 Å². The van der Waals surface area contributed by atoms with Crippen LogP contribution in [0.25, 0.3) is 5.73 Å².